The number of nitrogens with zero attached hydrogens (tertiary/aromatic N) is 1. The number of fused-ring (bicyclic) bond motifs is 1. The molecule has 1 heterocycles. The van der Waals surface area contributed by atoms with E-state index in [9.17, 15) is 4.79 Å². The van der Waals surface area contributed by atoms with Gasteiger partial charge in [-0.25, -0.2) is 4.79 Å². The van der Waals surface area contributed by atoms with Crippen molar-refractivity contribution in [2.45, 2.75) is 6.61 Å². The molecule has 1 aromatic heterocycles. The van der Waals surface area contributed by atoms with Gasteiger partial charge in [-0.15, -0.1) is 0 Å². The van der Waals surface area contributed by atoms with Crippen molar-refractivity contribution in [2.75, 3.05) is 0 Å². The Kier molecular flexibility index (Phi) is 3.23. The molecule has 0 N–H and O–H groups in total. The lowest BCUT2D eigenvalue weighted by Gasteiger charge is -2.07. The van der Waals surface area contributed by atoms with E-state index in [0.29, 0.717) is 23.5 Å². The van der Waals surface area contributed by atoms with Crippen molar-refractivity contribution in [1.82, 2.24) is 0 Å². The smallest absolute Gasteiger partial charge is 0.396 e. The molecule has 0 saturated carbocycles. The van der Waals surface area contributed by atoms with Crippen LogP contribution in [0.5, 0.6) is 5.75 Å². The number of ether oxygens (including phenoxy) is 1. The van der Waals surface area contributed by atoms with E-state index in [0.717, 1.165) is 21.6 Å². The molecule has 0 aliphatic carbocycles. The van der Waals surface area contributed by atoms with E-state index < -0.39 is 0 Å². The van der Waals surface area contributed by atoms with Gasteiger partial charge < -0.3 is 9.15 Å². The lowest BCUT2D eigenvalue weighted by atomic mass is 10.1. The van der Waals surface area contributed by atoms with Crippen molar-refractivity contribution in [2.24, 2.45) is 0 Å². The van der Waals surface area contributed by atoms with E-state index in [2.05, 4.69) is 6.07 Å². The third kappa shape index (κ3) is 2.42. The van der Waals surface area contributed by atoms with Gasteiger partial charge in [0.05, 0.1) is 16.3 Å². The van der Waals surface area contributed by atoms with Crippen LogP contribution in [0.2, 0.25) is 0 Å². The van der Waals surface area contributed by atoms with Gasteiger partial charge in [0, 0.05) is 11.6 Å². The Bertz CT molecular complexity index is 857. The molecule has 20 heavy (non-hydrogen) atoms. The van der Waals surface area contributed by atoms with Gasteiger partial charge in [0.25, 0.3) is 0 Å². The summed E-state index contributed by atoms with van der Waals surface area (Å²) in [6.45, 7) is 0.295. The highest BCUT2D eigenvalue weighted by molar-refractivity contribution is 7.16. The van der Waals surface area contributed by atoms with E-state index in [-0.39, 0.29) is 4.94 Å². The quantitative estimate of drug-likeness (QED) is 0.739. The summed E-state index contributed by atoms with van der Waals surface area (Å²) in [4.78, 5) is 10.8. The van der Waals surface area contributed by atoms with Crippen LogP contribution in [-0.2, 0) is 6.61 Å². The molecule has 0 amide bonds. The molecule has 0 saturated heterocycles. The zero-order valence-corrected chi connectivity index (χ0v) is 11.1. The van der Waals surface area contributed by atoms with Crippen molar-refractivity contribution >= 4 is 21.6 Å². The standard InChI is InChI=1S/C15H9NO3S/c16-8-10-3-1-2-4-11(10)9-18-12-5-6-14-13(7-12)19-15(17)20-14/h1-7H,9H2. The second kappa shape index (κ2) is 5.19. The molecule has 0 aliphatic heterocycles. The SMILES string of the molecule is N#Cc1ccccc1COc1ccc2sc(=O)oc2c1. The second-order valence-electron chi connectivity index (χ2n) is 4.12. The number of nitriles is 1. The highest BCUT2D eigenvalue weighted by Crippen LogP contribution is 2.23. The van der Waals surface area contributed by atoms with E-state index in [4.69, 9.17) is 14.4 Å². The van der Waals surface area contributed by atoms with Gasteiger partial charge in [0.2, 0.25) is 0 Å². The van der Waals surface area contributed by atoms with Gasteiger partial charge in [-0.2, -0.15) is 5.26 Å². The highest BCUT2D eigenvalue weighted by atomic mass is 32.1. The van der Waals surface area contributed by atoms with E-state index >= 15 is 0 Å². The molecule has 0 unspecified atom stereocenters. The van der Waals surface area contributed by atoms with Crippen LogP contribution in [0.15, 0.2) is 51.7 Å². The minimum absolute atomic E-state index is 0.295. The summed E-state index contributed by atoms with van der Waals surface area (Å²) in [5.74, 6) is 0.604. The Labute approximate surface area is 118 Å². The maximum absolute atomic E-state index is 11.1. The first kappa shape index (κ1) is 12.5. The summed E-state index contributed by atoms with van der Waals surface area (Å²) in [7, 11) is 0. The maximum Gasteiger partial charge on any atom is 0.396 e. The van der Waals surface area contributed by atoms with Crippen LogP contribution in [0.3, 0.4) is 0 Å². The molecule has 98 valence electrons. The zero-order chi connectivity index (χ0) is 13.9. The first-order chi connectivity index (χ1) is 9.76. The Morgan fingerprint density at radius 3 is 2.95 bits per heavy atom. The molecular formula is C15H9NO3S. The summed E-state index contributed by atoms with van der Waals surface area (Å²) in [5, 5.41) is 9.01. The Morgan fingerprint density at radius 1 is 1.25 bits per heavy atom. The molecule has 3 rings (SSSR count). The van der Waals surface area contributed by atoms with Crippen LogP contribution >= 0.6 is 11.3 Å². The predicted molar refractivity (Wildman–Crippen MR) is 75.9 cm³/mol. The normalized spacial score (nSPS) is 10.3. The van der Waals surface area contributed by atoms with Crippen molar-refractivity contribution in [3.63, 3.8) is 0 Å². The molecule has 4 nitrogen and oxygen atoms in total. The van der Waals surface area contributed by atoms with E-state index in [1.807, 2.05) is 18.2 Å². The number of benzene rings is 2. The van der Waals surface area contributed by atoms with Crippen LogP contribution in [0, 0.1) is 11.3 Å². The molecule has 0 bridgehead atoms. The summed E-state index contributed by atoms with van der Waals surface area (Å²) >= 11 is 1.06. The number of rotatable bonds is 3. The van der Waals surface area contributed by atoms with Gasteiger partial charge in [-0.3, -0.25) is 0 Å². The third-order valence-corrected chi connectivity index (χ3v) is 3.64. The summed E-state index contributed by atoms with van der Waals surface area (Å²) in [5.41, 5.74) is 1.93. The van der Waals surface area contributed by atoms with E-state index in [1.54, 1.807) is 24.3 Å². The largest absolute Gasteiger partial charge is 0.489 e. The third-order valence-electron chi connectivity index (χ3n) is 2.83. The van der Waals surface area contributed by atoms with Crippen molar-refractivity contribution in [3.05, 3.63) is 63.3 Å². The number of hydrogen-bond donors (Lipinski definition) is 0. The van der Waals surface area contributed by atoms with Crippen molar-refractivity contribution in [1.29, 1.82) is 5.26 Å². The monoisotopic (exact) mass is 283 g/mol. The Balaban J connectivity index is 1.83. The minimum Gasteiger partial charge on any atom is -0.489 e. The molecule has 0 radical (unpaired) electrons. The molecule has 2 aromatic carbocycles. The average Bonchev–Trinajstić information content (AvgIpc) is 2.84. The molecule has 5 heteroatoms. The summed E-state index contributed by atoms with van der Waals surface area (Å²) in [6, 6.07) is 14.7. The highest BCUT2D eigenvalue weighted by Gasteiger charge is 2.05. The van der Waals surface area contributed by atoms with Crippen molar-refractivity contribution in [3.8, 4) is 11.8 Å². The van der Waals surface area contributed by atoms with Crippen LogP contribution in [-0.4, -0.2) is 0 Å². The van der Waals surface area contributed by atoms with Crippen LogP contribution < -0.4 is 9.68 Å². The van der Waals surface area contributed by atoms with Gasteiger partial charge in [-0.1, -0.05) is 29.5 Å². The first-order valence-corrected chi connectivity index (χ1v) is 6.72. The minimum atomic E-state index is -0.327. The fourth-order valence-corrected chi connectivity index (χ4v) is 2.51. The second-order valence-corrected chi connectivity index (χ2v) is 5.10. The molecule has 0 atom stereocenters. The topological polar surface area (TPSA) is 63.2 Å². The molecular weight excluding hydrogens is 274 g/mol. The summed E-state index contributed by atoms with van der Waals surface area (Å²) in [6.07, 6.45) is 0. The van der Waals surface area contributed by atoms with Crippen LogP contribution in [0.1, 0.15) is 11.1 Å². The Hall–Kier alpha value is -2.58. The molecule has 0 fully saturated rings. The summed E-state index contributed by atoms with van der Waals surface area (Å²) < 4.78 is 11.5. The van der Waals surface area contributed by atoms with Gasteiger partial charge in [0.1, 0.15) is 12.4 Å². The van der Waals surface area contributed by atoms with Crippen LogP contribution in [0.25, 0.3) is 10.3 Å². The first-order valence-electron chi connectivity index (χ1n) is 5.91. The lowest BCUT2D eigenvalue weighted by molar-refractivity contribution is 0.306. The molecule has 0 spiro atoms. The number of hydrogen-bond acceptors (Lipinski definition) is 5. The predicted octanol–water partition coefficient (Wildman–Crippen LogP) is 3.31. The Morgan fingerprint density at radius 2 is 2.10 bits per heavy atom. The molecule has 0 aliphatic rings. The van der Waals surface area contributed by atoms with Gasteiger partial charge in [-0.05, 0) is 18.2 Å². The average molecular weight is 283 g/mol. The zero-order valence-electron chi connectivity index (χ0n) is 10.3. The molecule has 3 aromatic rings. The van der Waals surface area contributed by atoms with Crippen molar-refractivity contribution < 1.29 is 9.15 Å². The lowest BCUT2D eigenvalue weighted by Crippen LogP contribution is -1.97. The van der Waals surface area contributed by atoms with Crippen LogP contribution in [0.4, 0.5) is 0 Å². The van der Waals surface area contributed by atoms with E-state index in [1.165, 1.54) is 0 Å². The van der Waals surface area contributed by atoms with Gasteiger partial charge in [0.15, 0.2) is 5.58 Å². The maximum atomic E-state index is 11.1. The fourth-order valence-electron chi connectivity index (χ4n) is 1.86. The fraction of sp³-hybridized carbons (Fsp3) is 0.0667. The van der Waals surface area contributed by atoms with Gasteiger partial charge >= 0.3 is 4.94 Å².